The molecule has 0 N–H and O–H groups in total. The van der Waals surface area contributed by atoms with Crippen LogP contribution >= 0.6 is 0 Å². The summed E-state index contributed by atoms with van der Waals surface area (Å²) >= 11 is 0. The molecule has 2 heteroatoms. The van der Waals surface area contributed by atoms with Gasteiger partial charge in [-0.3, -0.25) is 9.78 Å². The van der Waals surface area contributed by atoms with Gasteiger partial charge in [0.2, 0.25) is 0 Å². The molecule has 2 atom stereocenters. The lowest BCUT2D eigenvalue weighted by Gasteiger charge is -2.05. The molecule has 0 aliphatic heterocycles. The number of rotatable bonds is 3. The van der Waals surface area contributed by atoms with Crippen LogP contribution in [-0.2, 0) is 0 Å². The number of carbonyl (C=O) groups is 1. The smallest absolute Gasteiger partial charge is 0.168 e. The predicted octanol–water partition coefficient (Wildman–Crippen LogP) is 4.22. The number of fused-ring (bicyclic) bond motifs is 1. The predicted molar refractivity (Wildman–Crippen MR) is 83.4 cm³/mol. The molecule has 1 aromatic heterocycles. The summed E-state index contributed by atoms with van der Waals surface area (Å²) in [6.45, 7) is 0. The SMILES string of the molecule is O=C(c1cccc2cccnc12)C1CC1c1ccccc1. The van der Waals surface area contributed by atoms with Crippen LogP contribution in [0.3, 0.4) is 0 Å². The first-order valence-electron chi connectivity index (χ1n) is 7.27. The summed E-state index contributed by atoms with van der Waals surface area (Å²) < 4.78 is 0. The van der Waals surface area contributed by atoms with Gasteiger partial charge in [0.05, 0.1) is 5.52 Å². The standard InChI is InChI=1S/C19H15NO/c21-19(17-12-16(17)13-6-2-1-3-7-13)15-10-4-8-14-9-5-11-20-18(14)15/h1-11,16-17H,12H2. The Morgan fingerprint density at radius 2 is 1.76 bits per heavy atom. The van der Waals surface area contributed by atoms with Gasteiger partial charge in [0.1, 0.15) is 0 Å². The molecule has 2 unspecified atom stereocenters. The fourth-order valence-electron chi connectivity index (χ4n) is 3.06. The first kappa shape index (κ1) is 12.3. The maximum Gasteiger partial charge on any atom is 0.168 e. The van der Waals surface area contributed by atoms with E-state index >= 15 is 0 Å². The fourth-order valence-corrected chi connectivity index (χ4v) is 3.06. The second-order valence-corrected chi connectivity index (χ2v) is 5.60. The van der Waals surface area contributed by atoms with Gasteiger partial charge >= 0.3 is 0 Å². The first-order chi connectivity index (χ1) is 10.3. The summed E-state index contributed by atoms with van der Waals surface area (Å²) in [7, 11) is 0. The first-order valence-corrected chi connectivity index (χ1v) is 7.27. The Bertz CT molecular complexity index is 805. The molecule has 0 radical (unpaired) electrons. The van der Waals surface area contributed by atoms with E-state index in [-0.39, 0.29) is 11.7 Å². The van der Waals surface area contributed by atoms with Gasteiger partial charge in [-0.2, -0.15) is 0 Å². The summed E-state index contributed by atoms with van der Waals surface area (Å²) in [5.74, 6) is 0.714. The van der Waals surface area contributed by atoms with Crippen molar-refractivity contribution in [2.24, 2.45) is 5.92 Å². The summed E-state index contributed by atoms with van der Waals surface area (Å²) in [6, 6.07) is 20.1. The Hall–Kier alpha value is -2.48. The number of pyridine rings is 1. The van der Waals surface area contributed by atoms with E-state index in [1.165, 1.54) is 5.56 Å². The molecule has 102 valence electrons. The summed E-state index contributed by atoms with van der Waals surface area (Å²) in [5.41, 5.74) is 2.85. The van der Waals surface area contributed by atoms with Crippen molar-refractivity contribution in [3.8, 4) is 0 Å². The van der Waals surface area contributed by atoms with E-state index in [4.69, 9.17) is 0 Å². The third-order valence-corrected chi connectivity index (χ3v) is 4.25. The highest BCUT2D eigenvalue weighted by molar-refractivity contribution is 6.09. The third kappa shape index (κ3) is 2.13. The molecule has 3 aromatic rings. The van der Waals surface area contributed by atoms with Crippen LogP contribution in [0, 0.1) is 5.92 Å². The summed E-state index contributed by atoms with van der Waals surface area (Å²) in [5, 5.41) is 1.03. The van der Waals surface area contributed by atoms with Crippen molar-refractivity contribution in [1.29, 1.82) is 0 Å². The van der Waals surface area contributed by atoms with E-state index in [0.29, 0.717) is 5.92 Å². The maximum atomic E-state index is 12.8. The molecule has 1 aliphatic rings. The highest BCUT2D eigenvalue weighted by Crippen LogP contribution is 2.49. The minimum Gasteiger partial charge on any atom is -0.294 e. The molecule has 4 rings (SSSR count). The Morgan fingerprint density at radius 3 is 2.62 bits per heavy atom. The van der Waals surface area contributed by atoms with Gasteiger partial charge in [-0.15, -0.1) is 0 Å². The maximum absolute atomic E-state index is 12.8. The topological polar surface area (TPSA) is 30.0 Å². The Balaban J connectivity index is 1.67. The van der Waals surface area contributed by atoms with Crippen LogP contribution in [0.25, 0.3) is 10.9 Å². The number of carbonyl (C=O) groups excluding carboxylic acids is 1. The van der Waals surface area contributed by atoms with E-state index in [0.717, 1.165) is 22.9 Å². The molecular weight excluding hydrogens is 258 g/mol. The molecule has 1 heterocycles. The van der Waals surface area contributed by atoms with Crippen molar-refractivity contribution < 1.29 is 4.79 Å². The minimum atomic E-state index is 0.111. The van der Waals surface area contributed by atoms with Crippen molar-refractivity contribution in [2.75, 3.05) is 0 Å². The molecule has 1 saturated carbocycles. The number of ketones is 1. The van der Waals surface area contributed by atoms with Crippen molar-refractivity contribution >= 4 is 16.7 Å². The van der Waals surface area contributed by atoms with E-state index in [1.807, 2.05) is 48.5 Å². The minimum absolute atomic E-state index is 0.111. The van der Waals surface area contributed by atoms with Crippen LogP contribution in [0.5, 0.6) is 0 Å². The molecule has 2 aromatic carbocycles. The normalized spacial score (nSPS) is 20.4. The van der Waals surface area contributed by atoms with Gasteiger partial charge in [-0.1, -0.05) is 48.5 Å². The van der Waals surface area contributed by atoms with Crippen molar-refractivity contribution in [3.63, 3.8) is 0 Å². The average molecular weight is 273 g/mol. The van der Waals surface area contributed by atoms with Gasteiger partial charge in [0.15, 0.2) is 5.78 Å². The number of Topliss-reactive ketones (excluding diaryl/α,β-unsaturated/α-hetero) is 1. The van der Waals surface area contributed by atoms with E-state index in [1.54, 1.807) is 6.20 Å². The summed E-state index contributed by atoms with van der Waals surface area (Å²) in [6.07, 6.45) is 2.70. The van der Waals surface area contributed by atoms with Gasteiger partial charge in [-0.25, -0.2) is 0 Å². The Labute approximate surface area is 123 Å². The Morgan fingerprint density at radius 1 is 0.952 bits per heavy atom. The second-order valence-electron chi connectivity index (χ2n) is 5.60. The van der Waals surface area contributed by atoms with Crippen LogP contribution in [0.15, 0.2) is 66.9 Å². The zero-order valence-corrected chi connectivity index (χ0v) is 11.6. The second kappa shape index (κ2) is 4.81. The zero-order valence-electron chi connectivity index (χ0n) is 11.6. The third-order valence-electron chi connectivity index (χ3n) is 4.25. The molecule has 0 amide bonds. The van der Waals surface area contributed by atoms with Crippen molar-refractivity contribution in [3.05, 3.63) is 78.0 Å². The molecule has 2 nitrogen and oxygen atoms in total. The van der Waals surface area contributed by atoms with Gasteiger partial charge in [-0.05, 0) is 30.0 Å². The van der Waals surface area contributed by atoms with Crippen LogP contribution < -0.4 is 0 Å². The largest absolute Gasteiger partial charge is 0.294 e. The molecule has 0 saturated heterocycles. The molecule has 1 fully saturated rings. The molecule has 0 bridgehead atoms. The van der Waals surface area contributed by atoms with Crippen molar-refractivity contribution in [2.45, 2.75) is 12.3 Å². The van der Waals surface area contributed by atoms with E-state index < -0.39 is 0 Å². The van der Waals surface area contributed by atoms with Crippen molar-refractivity contribution in [1.82, 2.24) is 4.98 Å². The van der Waals surface area contributed by atoms with Crippen LogP contribution in [-0.4, -0.2) is 10.8 Å². The monoisotopic (exact) mass is 273 g/mol. The van der Waals surface area contributed by atoms with Gasteiger partial charge in [0.25, 0.3) is 0 Å². The number of nitrogens with zero attached hydrogens (tertiary/aromatic N) is 1. The lowest BCUT2D eigenvalue weighted by Crippen LogP contribution is -2.04. The van der Waals surface area contributed by atoms with E-state index in [2.05, 4.69) is 17.1 Å². The highest BCUT2D eigenvalue weighted by atomic mass is 16.1. The number of hydrogen-bond acceptors (Lipinski definition) is 2. The Kier molecular flexibility index (Phi) is 2.81. The van der Waals surface area contributed by atoms with Crippen LogP contribution in [0.1, 0.15) is 28.3 Å². The quantitative estimate of drug-likeness (QED) is 0.669. The lowest BCUT2D eigenvalue weighted by atomic mass is 10.0. The number of aromatic nitrogens is 1. The molecule has 0 spiro atoms. The number of para-hydroxylation sites is 1. The zero-order chi connectivity index (χ0) is 14.2. The van der Waals surface area contributed by atoms with Gasteiger partial charge in [0, 0.05) is 23.1 Å². The number of benzene rings is 2. The van der Waals surface area contributed by atoms with Gasteiger partial charge < -0.3 is 0 Å². The highest BCUT2D eigenvalue weighted by Gasteiger charge is 2.44. The summed E-state index contributed by atoms with van der Waals surface area (Å²) in [4.78, 5) is 17.2. The van der Waals surface area contributed by atoms with E-state index in [9.17, 15) is 4.79 Å². The average Bonchev–Trinajstić information content (AvgIpc) is 3.35. The van der Waals surface area contributed by atoms with Crippen LogP contribution in [0.2, 0.25) is 0 Å². The lowest BCUT2D eigenvalue weighted by molar-refractivity contribution is 0.0966. The fraction of sp³-hybridized carbons (Fsp3) is 0.158. The molecule has 1 aliphatic carbocycles. The van der Waals surface area contributed by atoms with Crippen LogP contribution in [0.4, 0.5) is 0 Å². The molecule has 21 heavy (non-hydrogen) atoms. The number of hydrogen-bond donors (Lipinski definition) is 0. The molecular formula is C19H15NO.